The molecule has 0 saturated heterocycles. The zero-order valence-corrected chi connectivity index (χ0v) is 11.6. The minimum absolute atomic E-state index is 0.0306. The highest BCUT2D eigenvalue weighted by Gasteiger charge is 2.32. The maximum Gasteiger partial charge on any atom is 0.309 e. The average Bonchev–Trinajstić information content (AvgIpc) is 2.38. The number of methoxy groups -OCH3 is 1. The number of rotatable bonds is 2. The molecule has 0 spiro atoms. The lowest BCUT2D eigenvalue weighted by Gasteiger charge is -2.29. The first-order chi connectivity index (χ1) is 8.22. The van der Waals surface area contributed by atoms with Crippen LogP contribution >= 0.6 is 15.9 Å². The van der Waals surface area contributed by atoms with E-state index in [9.17, 15) is 4.79 Å². The van der Waals surface area contributed by atoms with Crippen LogP contribution in [0.1, 0.15) is 37.2 Å². The molecule has 17 heavy (non-hydrogen) atoms. The molecule has 1 aliphatic rings. The van der Waals surface area contributed by atoms with Crippen LogP contribution in [0, 0.1) is 5.92 Å². The smallest absolute Gasteiger partial charge is 0.309 e. The molecule has 0 amide bonds. The van der Waals surface area contributed by atoms with E-state index in [0.717, 1.165) is 23.7 Å². The summed E-state index contributed by atoms with van der Waals surface area (Å²) in [5.41, 5.74) is 1.24. The Balaban J connectivity index is 2.24. The van der Waals surface area contributed by atoms with Gasteiger partial charge < -0.3 is 4.74 Å². The summed E-state index contributed by atoms with van der Waals surface area (Å²) in [7, 11) is 1.48. The molecule has 1 saturated carbocycles. The Bertz CT molecular complexity index is 403. The minimum atomic E-state index is -0.0605. The molecule has 1 aliphatic carbocycles. The van der Waals surface area contributed by atoms with Crippen molar-refractivity contribution in [1.82, 2.24) is 0 Å². The van der Waals surface area contributed by atoms with Crippen molar-refractivity contribution in [3.8, 4) is 0 Å². The summed E-state index contributed by atoms with van der Waals surface area (Å²) in [6.45, 7) is 0. The van der Waals surface area contributed by atoms with Crippen molar-refractivity contribution in [3.63, 3.8) is 0 Å². The molecule has 0 bridgehead atoms. The standard InChI is InChI=1S/C14H17BrO2/c1-17-14(16)13-8-3-2-7-12(13)10-5-4-6-11(15)9-10/h4-6,9,12-13H,2-3,7-8H2,1H3. The molecule has 92 valence electrons. The fraction of sp³-hybridized carbons (Fsp3) is 0.500. The fourth-order valence-corrected chi connectivity index (χ4v) is 3.12. The summed E-state index contributed by atoms with van der Waals surface area (Å²) in [6.07, 6.45) is 4.36. The van der Waals surface area contributed by atoms with E-state index >= 15 is 0 Å². The highest BCUT2D eigenvalue weighted by molar-refractivity contribution is 9.10. The Labute approximate surface area is 110 Å². The van der Waals surface area contributed by atoms with Crippen LogP contribution in [0.2, 0.25) is 0 Å². The molecule has 0 aromatic heterocycles. The molecular formula is C14H17BrO2. The van der Waals surface area contributed by atoms with Crippen molar-refractivity contribution in [2.75, 3.05) is 7.11 Å². The number of benzene rings is 1. The van der Waals surface area contributed by atoms with Crippen molar-refractivity contribution < 1.29 is 9.53 Å². The van der Waals surface area contributed by atoms with Crippen LogP contribution in [0.15, 0.2) is 28.7 Å². The number of ether oxygens (including phenoxy) is 1. The molecule has 2 nitrogen and oxygen atoms in total. The van der Waals surface area contributed by atoms with Gasteiger partial charge in [0.15, 0.2) is 0 Å². The Hall–Kier alpha value is -0.830. The monoisotopic (exact) mass is 296 g/mol. The van der Waals surface area contributed by atoms with E-state index in [1.807, 2.05) is 12.1 Å². The van der Waals surface area contributed by atoms with Crippen LogP contribution in [-0.4, -0.2) is 13.1 Å². The summed E-state index contributed by atoms with van der Waals surface area (Å²) in [5, 5.41) is 0. The van der Waals surface area contributed by atoms with Gasteiger partial charge in [-0.2, -0.15) is 0 Å². The van der Waals surface area contributed by atoms with Crippen molar-refractivity contribution in [2.45, 2.75) is 31.6 Å². The molecule has 2 unspecified atom stereocenters. The normalized spacial score (nSPS) is 24.4. The summed E-state index contributed by atoms with van der Waals surface area (Å²) >= 11 is 3.49. The molecule has 3 heteroatoms. The van der Waals surface area contributed by atoms with Crippen molar-refractivity contribution in [3.05, 3.63) is 34.3 Å². The lowest BCUT2D eigenvalue weighted by Crippen LogP contribution is -2.26. The number of esters is 1. The first-order valence-corrected chi connectivity index (χ1v) is 6.85. The fourth-order valence-electron chi connectivity index (χ4n) is 2.70. The van der Waals surface area contributed by atoms with Gasteiger partial charge in [-0.3, -0.25) is 4.79 Å². The lowest BCUT2D eigenvalue weighted by atomic mass is 9.75. The third-order valence-corrected chi connectivity index (χ3v) is 4.04. The van der Waals surface area contributed by atoms with Crippen LogP contribution in [-0.2, 0) is 9.53 Å². The van der Waals surface area contributed by atoms with Gasteiger partial charge in [-0.25, -0.2) is 0 Å². The van der Waals surface area contributed by atoms with Gasteiger partial charge in [0.25, 0.3) is 0 Å². The molecule has 1 fully saturated rings. The third-order valence-electron chi connectivity index (χ3n) is 3.55. The molecular weight excluding hydrogens is 280 g/mol. The number of carbonyl (C=O) groups is 1. The Morgan fingerprint density at radius 1 is 1.35 bits per heavy atom. The second-order valence-electron chi connectivity index (χ2n) is 4.58. The van der Waals surface area contributed by atoms with Crippen LogP contribution in [0.5, 0.6) is 0 Å². The maximum atomic E-state index is 11.8. The van der Waals surface area contributed by atoms with E-state index in [0.29, 0.717) is 5.92 Å². The number of hydrogen-bond donors (Lipinski definition) is 0. The van der Waals surface area contributed by atoms with E-state index in [-0.39, 0.29) is 11.9 Å². The Kier molecular flexibility index (Phi) is 4.21. The summed E-state index contributed by atoms with van der Waals surface area (Å²) in [4.78, 5) is 11.8. The second-order valence-corrected chi connectivity index (χ2v) is 5.49. The van der Waals surface area contributed by atoms with E-state index in [2.05, 4.69) is 28.1 Å². The summed E-state index contributed by atoms with van der Waals surface area (Å²) in [6, 6.07) is 8.27. The molecule has 1 aromatic carbocycles. The van der Waals surface area contributed by atoms with E-state index in [4.69, 9.17) is 4.74 Å². The minimum Gasteiger partial charge on any atom is -0.469 e. The van der Waals surface area contributed by atoms with Gasteiger partial charge in [0, 0.05) is 4.47 Å². The van der Waals surface area contributed by atoms with Crippen molar-refractivity contribution >= 4 is 21.9 Å². The lowest BCUT2D eigenvalue weighted by molar-refractivity contribution is -0.147. The second kappa shape index (κ2) is 5.67. The molecule has 0 radical (unpaired) electrons. The van der Waals surface area contributed by atoms with Gasteiger partial charge in [0.2, 0.25) is 0 Å². The summed E-state index contributed by atoms with van der Waals surface area (Å²) < 4.78 is 5.99. The molecule has 1 aromatic rings. The zero-order chi connectivity index (χ0) is 12.3. The summed E-state index contributed by atoms with van der Waals surface area (Å²) in [5.74, 6) is 0.284. The van der Waals surface area contributed by atoms with Crippen LogP contribution < -0.4 is 0 Å². The SMILES string of the molecule is COC(=O)C1CCCCC1c1cccc(Br)c1. The molecule has 0 N–H and O–H groups in total. The van der Waals surface area contributed by atoms with Gasteiger partial charge in [-0.1, -0.05) is 40.9 Å². The molecule has 2 atom stereocenters. The number of carbonyl (C=O) groups excluding carboxylic acids is 1. The van der Waals surface area contributed by atoms with Crippen molar-refractivity contribution in [1.29, 1.82) is 0 Å². The first-order valence-electron chi connectivity index (χ1n) is 6.05. The first kappa shape index (κ1) is 12.6. The van der Waals surface area contributed by atoms with Gasteiger partial charge in [0.05, 0.1) is 13.0 Å². The topological polar surface area (TPSA) is 26.3 Å². The maximum absolute atomic E-state index is 11.8. The van der Waals surface area contributed by atoms with E-state index in [1.54, 1.807) is 0 Å². The van der Waals surface area contributed by atoms with Crippen molar-refractivity contribution in [2.24, 2.45) is 5.92 Å². The van der Waals surface area contributed by atoms with E-state index in [1.165, 1.54) is 19.1 Å². The van der Waals surface area contributed by atoms with Gasteiger partial charge >= 0.3 is 5.97 Å². The molecule has 2 rings (SSSR count). The van der Waals surface area contributed by atoms with Gasteiger partial charge in [-0.15, -0.1) is 0 Å². The van der Waals surface area contributed by atoms with Gasteiger partial charge in [0.1, 0.15) is 0 Å². The quantitative estimate of drug-likeness (QED) is 0.774. The largest absolute Gasteiger partial charge is 0.469 e. The van der Waals surface area contributed by atoms with Crippen LogP contribution in [0.4, 0.5) is 0 Å². The average molecular weight is 297 g/mol. The number of halogens is 1. The Morgan fingerprint density at radius 3 is 2.82 bits per heavy atom. The highest BCUT2D eigenvalue weighted by atomic mass is 79.9. The number of hydrogen-bond acceptors (Lipinski definition) is 2. The van der Waals surface area contributed by atoms with E-state index < -0.39 is 0 Å². The van der Waals surface area contributed by atoms with Crippen LogP contribution in [0.3, 0.4) is 0 Å². The van der Waals surface area contributed by atoms with Gasteiger partial charge in [-0.05, 0) is 36.5 Å². The predicted molar refractivity (Wildman–Crippen MR) is 70.9 cm³/mol. The molecule has 0 heterocycles. The predicted octanol–water partition coefficient (Wildman–Crippen LogP) is 3.90. The third kappa shape index (κ3) is 2.89. The van der Waals surface area contributed by atoms with Crippen LogP contribution in [0.25, 0.3) is 0 Å². The highest BCUT2D eigenvalue weighted by Crippen LogP contribution is 2.39. The molecule has 0 aliphatic heterocycles. The zero-order valence-electron chi connectivity index (χ0n) is 9.99. The Morgan fingerprint density at radius 2 is 2.12 bits per heavy atom.